The number of thiophene rings is 1. The van der Waals surface area contributed by atoms with Gasteiger partial charge in [-0.25, -0.2) is 4.79 Å². The summed E-state index contributed by atoms with van der Waals surface area (Å²) in [6.07, 6.45) is 0.234. The van der Waals surface area contributed by atoms with Crippen molar-refractivity contribution in [3.63, 3.8) is 0 Å². The Labute approximate surface area is 136 Å². The molecule has 0 atom stereocenters. The molecule has 0 saturated heterocycles. The lowest BCUT2D eigenvalue weighted by Gasteiger charge is -2.14. The standard InChI is InChI=1S/C15H13ClN2O3S/c1-18(8-4-7-17)12(19)9-21-15(20)14-13(16)10-5-2-3-6-11(10)22-14/h2-3,5-6H,4,8-9H2,1H3. The Bertz CT molecular complexity index is 751. The van der Waals surface area contributed by atoms with Crippen molar-refractivity contribution in [1.29, 1.82) is 5.26 Å². The van der Waals surface area contributed by atoms with E-state index in [1.165, 1.54) is 16.2 Å². The van der Waals surface area contributed by atoms with Gasteiger partial charge in [-0.05, 0) is 6.07 Å². The van der Waals surface area contributed by atoms with Gasteiger partial charge in [-0.1, -0.05) is 29.8 Å². The van der Waals surface area contributed by atoms with Crippen LogP contribution < -0.4 is 0 Å². The summed E-state index contributed by atoms with van der Waals surface area (Å²) >= 11 is 7.41. The van der Waals surface area contributed by atoms with Gasteiger partial charge in [0.2, 0.25) is 0 Å². The number of ether oxygens (including phenoxy) is 1. The molecule has 0 radical (unpaired) electrons. The predicted molar refractivity (Wildman–Crippen MR) is 85.0 cm³/mol. The van der Waals surface area contributed by atoms with E-state index in [4.69, 9.17) is 21.6 Å². The summed E-state index contributed by atoms with van der Waals surface area (Å²) in [5, 5.41) is 9.61. The Morgan fingerprint density at radius 2 is 2.14 bits per heavy atom. The Morgan fingerprint density at radius 1 is 1.41 bits per heavy atom. The second kappa shape index (κ2) is 7.25. The van der Waals surface area contributed by atoms with Crippen molar-refractivity contribution in [1.82, 2.24) is 4.90 Å². The average molecular weight is 337 g/mol. The summed E-state index contributed by atoms with van der Waals surface area (Å²) < 4.78 is 5.90. The van der Waals surface area contributed by atoms with Crippen molar-refractivity contribution in [2.45, 2.75) is 6.42 Å². The number of hydrogen-bond acceptors (Lipinski definition) is 5. The van der Waals surface area contributed by atoms with Crippen LogP contribution in [0.2, 0.25) is 5.02 Å². The number of amides is 1. The van der Waals surface area contributed by atoms with E-state index < -0.39 is 5.97 Å². The number of likely N-dealkylation sites (N-methyl/N-ethyl adjacent to an activating group) is 1. The quantitative estimate of drug-likeness (QED) is 0.787. The summed E-state index contributed by atoms with van der Waals surface area (Å²) in [5.41, 5.74) is 0. The molecule has 5 nitrogen and oxygen atoms in total. The lowest BCUT2D eigenvalue weighted by Crippen LogP contribution is -2.31. The molecule has 0 fully saturated rings. The molecule has 2 aromatic rings. The Morgan fingerprint density at radius 3 is 2.82 bits per heavy atom. The largest absolute Gasteiger partial charge is 0.451 e. The highest BCUT2D eigenvalue weighted by molar-refractivity contribution is 7.21. The van der Waals surface area contributed by atoms with Gasteiger partial charge in [-0.3, -0.25) is 4.79 Å². The third-order valence-corrected chi connectivity index (χ3v) is 4.69. The summed E-state index contributed by atoms with van der Waals surface area (Å²) in [7, 11) is 1.56. The summed E-state index contributed by atoms with van der Waals surface area (Å²) in [4.78, 5) is 25.4. The van der Waals surface area contributed by atoms with E-state index in [1.807, 2.05) is 30.3 Å². The maximum atomic E-state index is 12.1. The molecule has 7 heteroatoms. The van der Waals surface area contributed by atoms with Crippen LogP contribution in [-0.4, -0.2) is 37.0 Å². The molecule has 0 aliphatic rings. The number of fused-ring (bicyclic) bond motifs is 1. The molecule has 0 N–H and O–H groups in total. The Balaban J connectivity index is 2.01. The van der Waals surface area contributed by atoms with Crippen LogP contribution in [0, 0.1) is 11.3 Å². The third-order valence-electron chi connectivity index (χ3n) is 3.03. The van der Waals surface area contributed by atoms with E-state index in [1.54, 1.807) is 7.05 Å². The number of halogens is 1. The van der Waals surface area contributed by atoms with Gasteiger partial charge in [-0.2, -0.15) is 5.26 Å². The molecule has 0 saturated carbocycles. The van der Waals surface area contributed by atoms with Gasteiger partial charge in [-0.15, -0.1) is 11.3 Å². The van der Waals surface area contributed by atoms with Crippen LogP contribution in [0.3, 0.4) is 0 Å². The zero-order valence-electron chi connectivity index (χ0n) is 11.8. The number of esters is 1. The number of carbonyl (C=O) groups is 2. The molecule has 2 rings (SSSR count). The average Bonchev–Trinajstić information content (AvgIpc) is 2.87. The van der Waals surface area contributed by atoms with Gasteiger partial charge >= 0.3 is 5.97 Å². The first-order chi connectivity index (χ1) is 10.5. The van der Waals surface area contributed by atoms with Gasteiger partial charge < -0.3 is 9.64 Å². The molecule has 0 aliphatic heterocycles. The molecule has 0 bridgehead atoms. The number of hydrogen-bond donors (Lipinski definition) is 0. The van der Waals surface area contributed by atoms with E-state index in [2.05, 4.69) is 0 Å². The van der Waals surface area contributed by atoms with Crippen LogP contribution in [0.4, 0.5) is 0 Å². The highest BCUT2D eigenvalue weighted by Gasteiger charge is 2.20. The highest BCUT2D eigenvalue weighted by atomic mass is 35.5. The zero-order chi connectivity index (χ0) is 16.1. The molecule has 1 amide bonds. The van der Waals surface area contributed by atoms with Gasteiger partial charge in [0.05, 0.1) is 17.5 Å². The maximum Gasteiger partial charge on any atom is 0.350 e. The van der Waals surface area contributed by atoms with Gasteiger partial charge in [0.1, 0.15) is 4.88 Å². The lowest BCUT2D eigenvalue weighted by atomic mass is 10.2. The van der Waals surface area contributed by atoms with Crippen LogP contribution in [-0.2, 0) is 9.53 Å². The molecule has 0 aliphatic carbocycles. The first-order valence-electron chi connectivity index (χ1n) is 6.49. The second-order valence-corrected chi connectivity index (χ2v) is 5.97. The van der Waals surface area contributed by atoms with Crippen molar-refractivity contribution in [3.05, 3.63) is 34.2 Å². The number of nitrogens with zero attached hydrogens (tertiary/aromatic N) is 2. The van der Waals surface area contributed by atoms with Crippen LogP contribution in [0.1, 0.15) is 16.1 Å². The minimum absolute atomic E-state index is 0.234. The third kappa shape index (κ3) is 3.56. The first kappa shape index (κ1) is 16.3. The Hall–Kier alpha value is -2.10. The molecule has 22 heavy (non-hydrogen) atoms. The van der Waals surface area contributed by atoms with Crippen molar-refractivity contribution >= 4 is 44.9 Å². The van der Waals surface area contributed by atoms with E-state index in [0.29, 0.717) is 11.6 Å². The van der Waals surface area contributed by atoms with Crippen LogP contribution in [0.15, 0.2) is 24.3 Å². The van der Waals surface area contributed by atoms with Crippen molar-refractivity contribution < 1.29 is 14.3 Å². The van der Waals surface area contributed by atoms with Gasteiger partial charge in [0.15, 0.2) is 6.61 Å². The smallest absolute Gasteiger partial charge is 0.350 e. The predicted octanol–water partition coefficient (Wildman–Crippen LogP) is 3.08. The Kier molecular flexibility index (Phi) is 5.36. The molecule has 1 heterocycles. The van der Waals surface area contributed by atoms with E-state index >= 15 is 0 Å². The van der Waals surface area contributed by atoms with Crippen molar-refractivity contribution in [3.8, 4) is 6.07 Å². The minimum atomic E-state index is -0.617. The number of rotatable bonds is 5. The van der Waals surface area contributed by atoms with Gasteiger partial charge in [0.25, 0.3) is 5.91 Å². The summed E-state index contributed by atoms with van der Waals surface area (Å²) in [6.45, 7) is -0.0676. The second-order valence-electron chi connectivity index (χ2n) is 4.54. The fraction of sp³-hybridized carbons (Fsp3) is 0.267. The number of benzene rings is 1. The summed E-state index contributed by atoms with van der Waals surface area (Å²) in [5.74, 6) is -0.978. The zero-order valence-corrected chi connectivity index (χ0v) is 13.4. The van der Waals surface area contributed by atoms with Crippen molar-refractivity contribution in [2.75, 3.05) is 20.2 Å². The topological polar surface area (TPSA) is 70.4 Å². The molecule has 1 aromatic carbocycles. The fourth-order valence-corrected chi connectivity index (χ4v) is 3.19. The molecule has 1 aromatic heterocycles. The molecule has 0 spiro atoms. The van der Waals surface area contributed by atoms with Gasteiger partial charge in [0, 0.05) is 23.7 Å². The first-order valence-corrected chi connectivity index (χ1v) is 7.69. The van der Waals surface area contributed by atoms with Crippen molar-refractivity contribution in [2.24, 2.45) is 0 Å². The van der Waals surface area contributed by atoms with Crippen LogP contribution in [0.5, 0.6) is 0 Å². The van der Waals surface area contributed by atoms with Crippen LogP contribution >= 0.6 is 22.9 Å². The minimum Gasteiger partial charge on any atom is -0.451 e. The molecule has 114 valence electrons. The fourth-order valence-electron chi connectivity index (χ4n) is 1.79. The normalized spacial score (nSPS) is 10.2. The summed E-state index contributed by atoms with van der Waals surface area (Å²) in [6, 6.07) is 9.33. The lowest BCUT2D eigenvalue weighted by molar-refractivity contribution is -0.133. The SMILES string of the molecule is CN(CCC#N)C(=O)COC(=O)c1sc2ccccc2c1Cl. The number of nitriles is 1. The number of carbonyl (C=O) groups excluding carboxylic acids is 2. The van der Waals surface area contributed by atoms with E-state index in [-0.39, 0.29) is 23.8 Å². The molecular weight excluding hydrogens is 324 g/mol. The van der Waals surface area contributed by atoms with Crippen LogP contribution in [0.25, 0.3) is 10.1 Å². The van der Waals surface area contributed by atoms with E-state index in [9.17, 15) is 9.59 Å². The van der Waals surface area contributed by atoms with E-state index in [0.717, 1.165) is 10.1 Å². The molecular formula is C15H13ClN2O3S. The maximum absolute atomic E-state index is 12.1. The molecule has 0 unspecified atom stereocenters. The highest BCUT2D eigenvalue weighted by Crippen LogP contribution is 2.35. The monoisotopic (exact) mass is 336 g/mol.